The third-order valence-corrected chi connectivity index (χ3v) is 6.32. The Labute approximate surface area is 175 Å². The lowest BCUT2D eigenvalue weighted by Crippen LogP contribution is -2.40. The maximum absolute atomic E-state index is 12.5. The number of carbonyl (C=O) groups is 1. The van der Waals surface area contributed by atoms with Crippen LogP contribution in [0.3, 0.4) is 0 Å². The van der Waals surface area contributed by atoms with Gasteiger partial charge in [-0.25, -0.2) is 0 Å². The first-order chi connectivity index (χ1) is 13.3. The van der Waals surface area contributed by atoms with Crippen LogP contribution in [0.4, 0.5) is 0 Å². The molecular formula is C21H28ClNO4S. The maximum Gasteiger partial charge on any atom is 0.172 e. The quantitative estimate of drug-likeness (QED) is 0.525. The number of Topliss-reactive ketones (excluding diaryl/α,β-unsaturated/α-hetero) is 1. The Morgan fingerprint density at radius 1 is 1.21 bits per heavy atom. The van der Waals surface area contributed by atoms with Crippen molar-refractivity contribution >= 4 is 28.7 Å². The standard InChI is InChI=1S/C21H28ClNO4S/c1-21(23,13-24)10-9-19-15(22)12-20(28-19)16(25)6-4-5-14-7-8-17(26-2)18(11-14)27-3/h7-8,11-12,24H,4-6,9-10,13,23H2,1-3H3/t21-/m1/s1. The number of benzene rings is 1. The summed E-state index contributed by atoms with van der Waals surface area (Å²) in [6.07, 6.45) is 3.23. The molecule has 0 spiro atoms. The van der Waals surface area contributed by atoms with Crippen molar-refractivity contribution in [1.29, 1.82) is 0 Å². The van der Waals surface area contributed by atoms with Crippen molar-refractivity contribution in [2.75, 3.05) is 20.8 Å². The molecular weight excluding hydrogens is 398 g/mol. The van der Waals surface area contributed by atoms with E-state index in [1.807, 2.05) is 18.2 Å². The van der Waals surface area contributed by atoms with E-state index in [9.17, 15) is 9.90 Å². The fraction of sp³-hybridized carbons (Fsp3) is 0.476. The lowest BCUT2D eigenvalue weighted by molar-refractivity contribution is 0.0984. The number of hydrogen-bond acceptors (Lipinski definition) is 6. The predicted octanol–water partition coefficient (Wildman–Crippen LogP) is 4.27. The summed E-state index contributed by atoms with van der Waals surface area (Å²) >= 11 is 7.70. The van der Waals surface area contributed by atoms with Crippen molar-refractivity contribution < 1.29 is 19.4 Å². The Morgan fingerprint density at radius 3 is 2.57 bits per heavy atom. The highest BCUT2D eigenvalue weighted by atomic mass is 35.5. The van der Waals surface area contributed by atoms with Gasteiger partial charge in [-0.15, -0.1) is 11.3 Å². The van der Waals surface area contributed by atoms with Crippen molar-refractivity contribution in [3.05, 3.63) is 44.6 Å². The second kappa shape index (κ2) is 10.3. The van der Waals surface area contributed by atoms with Crippen LogP contribution in [-0.2, 0) is 12.8 Å². The monoisotopic (exact) mass is 425 g/mol. The number of thiophene rings is 1. The number of halogens is 1. The Morgan fingerprint density at radius 2 is 1.93 bits per heavy atom. The number of aliphatic hydroxyl groups is 1. The number of methoxy groups -OCH3 is 2. The third-order valence-electron chi connectivity index (χ3n) is 4.63. The first-order valence-electron chi connectivity index (χ1n) is 9.21. The van der Waals surface area contributed by atoms with E-state index in [-0.39, 0.29) is 12.4 Å². The second-order valence-corrected chi connectivity index (χ2v) is 8.70. The summed E-state index contributed by atoms with van der Waals surface area (Å²) in [7, 11) is 3.21. The van der Waals surface area contributed by atoms with Crippen LogP contribution in [0.15, 0.2) is 24.3 Å². The second-order valence-electron chi connectivity index (χ2n) is 7.16. The van der Waals surface area contributed by atoms with E-state index in [1.54, 1.807) is 27.2 Å². The molecule has 3 N–H and O–H groups in total. The number of rotatable bonds is 11. The molecule has 0 radical (unpaired) electrons. The first kappa shape index (κ1) is 22.7. The topological polar surface area (TPSA) is 81.8 Å². The van der Waals surface area contributed by atoms with Crippen LogP contribution in [0.1, 0.15) is 46.3 Å². The molecule has 7 heteroatoms. The maximum atomic E-state index is 12.5. The Bertz CT molecular complexity index is 804. The predicted molar refractivity (Wildman–Crippen MR) is 114 cm³/mol. The molecule has 2 aromatic rings. The molecule has 28 heavy (non-hydrogen) atoms. The normalized spacial score (nSPS) is 13.2. The van der Waals surface area contributed by atoms with Crippen LogP contribution in [0.25, 0.3) is 0 Å². The van der Waals surface area contributed by atoms with Gasteiger partial charge in [-0.05, 0) is 56.4 Å². The summed E-state index contributed by atoms with van der Waals surface area (Å²) in [5.74, 6) is 1.48. The van der Waals surface area contributed by atoms with Crippen molar-refractivity contribution in [2.45, 2.75) is 44.6 Å². The lowest BCUT2D eigenvalue weighted by Gasteiger charge is -2.20. The molecule has 1 aromatic heterocycles. The molecule has 1 heterocycles. The summed E-state index contributed by atoms with van der Waals surface area (Å²) in [5, 5.41) is 9.86. The van der Waals surface area contributed by atoms with Gasteiger partial charge in [-0.2, -0.15) is 0 Å². The lowest BCUT2D eigenvalue weighted by atomic mass is 9.98. The Hall–Kier alpha value is -1.60. The van der Waals surface area contributed by atoms with Crippen LogP contribution in [-0.4, -0.2) is 37.3 Å². The SMILES string of the molecule is COc1ccc(CCCC(=O)c2cc(Cl)c(CC[C@@](C)(N)CO)s2)cc1OC. The molecule has 0 saturated carbocycles. The molecule has 0 saturated heterocycles. The van der Waals surface area contributed by atoms with Gasteiger partial charge in [0.2, 0.25) is 0 Å². The molecule has 1 atom stereocenters. The highest BCUT2D eigenvalue weighted by Gasteiger charge is 2.20. The number of hydrogen-bond donors (Lipinski definition) is 2. The molecule has 0 unspecified atom stereocenters. The molecule has 154 valence electrons. The van der Waals surface area contributed by atoms with Gasteiger partial charge in [0.05, 0.1) is 30.7 Å². The van der Waals surface area contributed by atoms with Crippen LogP contribution in [0.5, 0.6) is 11.5 Å². The van der Waals surface area contributed by atoms with Gasteiger partial charge in [0.25, 0.3) is 0 Å². The fourth-order valence-corrected chi connectivity index (χ4v) is 4.21. The molecule has 0 bridgehead atoms. The molecule has 0 aliphatic heterocycles. The van der Waals surface area contributed by atoms with Crippen molar-refractivity contribution in [1.82, 2.24) is 0 Å². The molecule has 0 amide bonds. The largest absolute Gasteiger partial charge is 0.493 e. The molecule has 2 rings (SSSR count). The molecule has 0 aliphatic carbocycles. The van der Waals surface area contributed by atoms with E-state index in [4.69, 9.17) is 26.8 Å². The minimum atomic E-state index is -0.642. The van der Waals surface area contributed by atoms with Gasteiger partial charge in [-0.3, -0.25) is 4.79 Å². The van der Waals surface area contributed by atoms with Crippen LogP contribution in [0, 0.1) is 0 Å². The summed E-state index contributed by atoms with van der Waals surface area (Å²) in [4.78, 5) is 14.1. The van der Waals surface area contributed by atoms with Gasteiger partial charge in [0, 0.05) is 16.8 Å². The summed E-state index contributed by atoms with van der Waals surface area (Å²) in [6.45, 7) is 1.71. The smallest absolute Gasteiger partial charge is 0.172 e. The van der Waals surface area contributed by atoms with Gasteiger partial charge < -0.3 is 20.3 Å². The number of carbonyl (C=O) groups excluding carboxylic acids is 1. The number of aliphatic hydroxyl groups excluding tert-OH is 1. The number of ether oxygens (including phenoxy) is 2. The highest BCUT2D eigenvalue weighted by Crippen LogP contribution is 2.31. The van der Waals surface area contributed by atoms with Crippen LogP contribution in [0.2, 0.25) is 5.02 Å². The zero-order valence-electron chi connectivity index (χ0n) is 16.6. The number of nitrogens with two attached hydrogens (primary N) is 1. The zero-order valence-corrected chi connectivity index (χ0v) is 18.2. The minimum absolute atomic E-state index is 0.0854. The van der Waals surface area contributed by atoms with E-state index in [1.165, 1.54) is 11.3 Å². The van der Waals surface area contributed by atoms with Crippen molar-refractivity contribution in [3.8, 4) is 11.5 Å². The minimum Gasteiger partial charge on any atom is -0.493 e. The third kappa shape index (κ3) is 6.21. The number of ketones is 1. The Kier molecular flexibility index (Phi) is 8.31. The van der Waals surface area contributed by atoms with E-state index in [2.05, 4.69) is 0 Å². The van der Waals surface area contributed by atoms with Gasteiger partial charge in [0.1, 0.15) is 0 Å². The summed E-state index contributed by atoms with van der Waals surface area (Å²) in [6, 6.07) is 7.54. The first-order valence-corrected chi connectivity index (χ1v) is 10.4. The van der Waals surface area contributed by atoms with E-state index in [0.29, 0.717) is 40.7 Å². The van der Waals surface area contributed by atoms with E-state index < -0.39 is 5.54 Å². The average molecular weight is 426 g/mol. The van der Waals surface area contributed by atoms with Gasteiger partial charge in [0.15, 0.2) is 17.3 Å². The van der Waals surface area contributed by atoms with E-state index in [0.717, 1.165) is 23.3 Å². The van der Waals surface area contributed by atoms with E-state index >= 15 is 0 Å². The number of aryl methyl sites for hydroxylation is 2. The summed E-state index contributed by atoms with van der Waals surface area (Å²) in [5.41, 5.74) is 6.42. The van der Waals surface area contributed by atoms with Crippen LogP contribution < -0.4 is 15.2 Å². The molecule has 1 aromatic carbocycles. The van der Waals surface area contributed by atoms with Gasteiger partial charge >= 0.3 is 0 Å². The Balaban J connectivity index is 1.90. The average Bonchev–Trinajstić information content (AvgIpc) is 3.07. The summed E-state index contributed by atoms with van der Waals surface area (Å²) < 4.78 is 10.6. The van der Waals surface area contributed by atoms with Gasteiger partial charge in [-0.1, -0.05) is 17.7 Å². The highest BCUT2D eigenvalue weighted by molar-refractivity contribution is 7.14. The van der Waals surface area contributed by atoms with Crippen molar-refractivity contribution in [3.63, 3.8) is 0 Å². The van der Waals surface area contributed by atoms with Crippen molar-refractivity contribution in [2.24, 2.45) is 5.73 Å². The van der Waals surface area contributed by atoms with Crippen LogP contribution >= 0.6 is 22.9 Å². The molecule has 5 nitrogen and oxygen atoms in total. The zero-order chi connectivity index (χ0) is 20.7. The fourth-order valence-electron chi connectivity index (χ4n) is 2.80. The molecule has 0 aliphatic rings. The molecule has 0 fully saturated rings.